The van der Waals surface area contributed by atoms with Gasteiger partial charge in [0.2, 0.25) is 5.52 Å². The number of carbonyl (C=O) groups excluding carboxylic acids is 4. The van der Waals surface area contributed by atoms with Crippen molar-refractivity contribution in [2.24, 2.45) is 0 Å². The van der Waals surface area contributed by atoms with Gasteiger partial charge in [0, 0.05) is 31.3 Å². The summed E-state index contributed by atoms with van der Waals surface area (Å²) in [6, 6.07) is 14.0. The average Bonchev–Trinajstić information content (AvgIpc) is 3.53. The lowest BCUT2D eigenvalue weighted by atomic mass is 10.1. The molecule has 1 N–H and O–H groups in total. The van der Waals surface area contributed by atoms with Crippen molar-refractivity contribution in [1.82, 2.24) is 19.5 Å². The van der Waals surface area contributed by atoms with Crippen molar-refractivity contribution in [3.05, 3.63) is 72.8 Å². The number of rotatable bonds is 8. The number of fused-ring (bicyclic) bond motifs is 1. The second-order valence-corrected chi connectivity index (χ2v) is 9.31. The third-order valence-corrected chi connectivity index (χ3v) is 6.24. The molecule has 1 aliphatic rings. The molecule has 0 saturated carbocycles. The van der Waals surface area contributed by atoms with Crippen molar-refractivity contribution in [2.45, 2.75) is 45.3 Å². The van der Waals surface area contributed by atoms with Gasteiger partial charge in [-0.05, 0) is 24.3 Å². The van der Waals surface area contributed by atoms with Crippen LogP contribution in [0.25, 0.3) is 17.0 Å². The molecule has 216 valence electrons. The number of nitrogens with one attached hydrogen (secondary N) is 1. The molecule has 1 saturated heterocycles. The summed E-state index contributed by atoms with van der Waals surface area (Å²) in [5.41, 5.74) is 0.952. The van der Waals surface area contributed by atoms with E-state index in [0.29, 0.717) is 16.9 Å². The van der Waals surface area contributed by atoms with Crippen LogP contribution in [0.2, 0.25) is 0 Å². The number of benzene rings is 1. The minimum atomic E-state index is -1.16. The summed E-state index contributed by atoms with van der Waals surface area (Å²) >= 11 is 0. The van der Waals surface area contributed by atoms with Crippen LogP contribution in [0.15, 0.2) is 67.3 Å². The fourth-order valence-corrected chi connectivity index (χ4v) is 4.54. The van der Waals surface area contributed by atoms with Gasteiger partial charge in [0.15, 0.2) is 24.1 Å². The van der Waals surface area contributed by atoms with Crippen LogP contribution < -0.4 is 9.88 Å². The molecule has 4 atom stereocenters. The molecule has 4 aromatic rings. The Hall–Kier alpha value is -5.24. The second kappa shape index (κ2) is 12.1. The Balaban J connectivity index is 1.61. The number of amides is 1. The summed E-state index contributed by atoms with van der Waals surface area (Å²) in [5, 5.41) is 2.72. The Kier molecular flexibility index (Phi) is 8.15. The lowest BCUT2D eigenvalue weighted by Gasteiger charge is -2.23. The first-order chi connectivity index (χ1) is 20.2. The Labute approximate surface area is 239 Å². The minimum absolute atomic E-state index is 0.0283. The summed E-state index contributed by atoms with van der Waals surface area (Å²) in [6.45, 7) is 3.36. The number of hydrogen-bond donors (Lipinski definition) is 1. The van der Waals surface area contributed by atoms with E-state index in [1.54, 1.807) is 59.4 Å². The fraction of sp³-hybridized carbons (Fsp3) is 0.286. The van der Waals surface area contributed by atoms with Gasteiger partial charge < -0.3 is 18.9 Å². The van der Waals surface area contributed by atoms with E-state index < -0.39 is 48.4 Å². The van der Waals surface area contributed by atoms with E-state index in [9.17, 15) is 19.2 Å². The highest BCUT2D eigenvalue weighted by Crippen LogP contribution is 2.36. The van der Waals surface area contributed by atoms with Crippen LogP contribution in [0.1, 0.15) is 37.4 Å². The molecule has 0 radical (unpaired) electrons. The highest BCUT2D eigenvalue weighted by molar-refractivity contribution is 6.03. The number of carbonyl (C=O) groups is 4. The van der Waals surface area contributed by atoms with Gasteiger partial charge in [-0.3, -0.25) is 29.1 Å². The zero-order valence-electron chi connectivity index (χ0n) is 22.9. The molecule has 1 fully saturated rings. The first-order valence-corrected chi connectivity index (χ1v) is 12.9. The summed E-state index contributed by atoms with van der Waals surface area (Å²) in [4.78, 5) is 62.2. The van der Waals surface area contributed by atoms with E-state index >= 15 is 0 Å². The fourth-order valence-electron chi connectivity index (χ4n) is 4.54. The molecule has 1 amide bonds. The Morgan fingerprint density at radius 3 is 2.24 bits per heavy atom. The predicted octanol–water partition coefficient (Wildman–Crippen LogP) is 1.68. The summed E-state index contributed by atoms with van der Waals surface area (Å²) in [7, 11) is 0. The second-order valence-electron chi connectivity index (χ2n) is 9.31. The third-order valence-electron chi connectivity index (χ3n) is 6.24. The van der Waals surface area contributed by atoms with Crippen molar-refractivity contribution in [3.8, 4) is 5.82 Å². The standard InChI is InChI=1S/C28H26N6O8/c1-16(35)39-14-20-22(40-17(2)36)23(41-18(3)37)27(42-20)34-15-29-21-24(33-12-8-5-9-13-33)30-28(31-25(21)34)32-26(38)19-10-6-4-7-11-19/h4-13,15,20,22-23,27H,14H2,1-3H3/p+1/t20-,22-,23-,27-/m1/s1. The average molecular weight is 576 g/mol. The van der Waals surface area contributed by atoms with Crippen molar-refractivity contribution in [3.63, 3.8) is 0 Å². The Morgan fingerprint density at radius 1 is 0.905 bits per heavy atom. The molecule has 1 aliphatic heterocycles. The molecule has 5 rings (SSSR count). The third kappa shape index (κ3) is 6.07. The van der Waals surface area contributed by atoms with Crippen molar-refractivity contribution in [2.75, 3.05) is 11.9 Å². The van der Waals surface area contributed by atoms with E-state index in [4.69, 9.17) is 18.9 Å². The SMILES string of the molecule is CC(=O)OC[C@H]1O[C@@H](n2cnc3c(-[n+]4ccccc4)nc(NC(=O)c4ccccc4)nc32)[C@H](OC(C)=O)[C@@H]1OC(C)=O. The van der Waals surface area contributed by atoms with Gasteiger partial charge in [0.1, 0.15) is 12.7 Å². The summed E-state index contributed by atoms with van der Waals surface area (Å²) < 4.78 is 25.5. The van der Waals surface area contributed by atoms with Crippen LogP contribution in [-0.2, 0) is 33.3 Å². The zero-order valence-corrected chi connectivity index (χ0v) is 22.9. The molecule has 0 aliphatic carbocycles. The van der Waals surface area contributed by atoms with Gasteiger partial charge in [0.25, 0.3) is 5.91 Å². The van der Waals surface area contributed by atoms with Gasteiger partial charge in [-0.1, -0.05) is 24.3 Å². The van der Waals surface area contributed by atoms with Gasteiger partial charge in [-0.25, -0.2) is 9.55 Å². The van der Waals surface area contributed by atoms with Crippen molar-refractivity contribution >= 4 is 40.9 Å². The number of hydrogen-bond acceptors (Lipinski definition) is 11. The van der Waals surface area contributed by atoms with Gasteiger partial charge in [0.05, 0.1) is 18.7 Å². The molecule has 0 unspecified atom stereocenters. The molecule has 0 bridgehead atoms. The molecule has 14 nitrogen and oxygen atoms in total. The largest absolute Gasteiger partial charge is 0.463 e. The lowest BCUT2D eigenvalue weighted by molar-refractivity contribution is -0.598. The number of pyridine rings is 1. The number of aromatic nitrogens is 5. The van der Waals surface area contributed by atoms with Crippen molar-refractivity contribution in [1.29, 1.82) is 0 Å². The van der Waals surface area contributed by atoms with E-state index in [1.165, 1.54) is 31.7 Å². The molecular formula is C28H27N6O8+. The van der Waals surface area contributed by atoms with E-state index in [1.807, 2.05) is 6.07 Å². The molecule has 42 heavy (non-hydrogen) atoms. The molecule has 4 heterocycles. The maximum Gasteiger partial charge on any atom is 0.361 e. The molecule has 0 spiro atoms. The first kappa shape index (κ1) is 28.3. The van der Waals surface area contributed by atoms with Crippen LogP contribution in [0.4, 0.5) is 5.95 Å². The first-order valence-electron chi connectivity index (χ1n) is 12.9. The van der Waals surface area contributed by atoms with Crippen LogP contribution in [0.3, 0.4) is 0 Å². The van der Waals surface area contributed by atoms with Crippen molar-refractivity contribution < 1.29 is 42.7 Å². The monoisotopic (exact) mass is 575 g/mol. The van der Waals surface area contributed by atoms with Crippen LogP contribution in [0.5, 0.6) is 0 Å². The van der Waals surface area contributed by atoms with E-state index in [0.717, 1.165) is 0 Å². The van der Waals surface area contributed by atoms with Crippen LogP contribution in [0, 0.1) is 0 Å². The van der Waals surface area contributed by atoms with Crippen LogP contribution >= 0.6 is 0 Å². The quantitative estimate of drug-likeness (QED) is 0.185. The van der Waals surface area contributed by atoms with E-state index in [2.05, 4.69) is 20.3 Å². The highest BCUT2D eigenvalue weighted by Gasteiger charge is 2.51. The number of esters is 3. The predicted molar refractivity (Wildman–Crippen MR) is 143 cm³/mol. The summed E-state index contributed by atoms with van der Waals surface area (Å²) in [5.74, 6) is -2.00. The maximum atomic E-state index is 13.0. The number of anilines is 1. The summed E-state index contributed by atoms with van der Waals surface area (Å²) in [6.07, 6.45) is 0.559. The van der Waals surface area contributed by atoms with Gasteiger partial charge in [-0.15, -0.1) is 0 Å². The molecule has 1 aromatic carbocycles. The molecule has 14 heteroatoms. The normalized spacial score (nSPS) is 19.7. The molecular weight excluding hydrogens is 548 g/mol. The van der Waals surface area contributed by atoms with Gasteiger partial charge >= 0.3 is 29.7 Å². The topological polar surface area (TPSA) is 165 Å². The number of imidazole rings is 1. The van der Waals surface area contributed by atoms with Crippen LogP contribution in [-0.4, -0.2) is 68.3 Å². The van der Waals surface area contributed by atoms with Gasteiger partial charge in [-0.2, -0.15) is 4.98 Å². The molecule has 3 aromatic heterocycles. The maximum absolute atomic E-state index is 13.0. The highest BCUT2D eigenvalue weighted by atomic mass is 16.7. The number of ether oxygens (including phenoxy) is 4. The number of nitrogens with zero attached hydrogens (tertiary/aromatic N) is 5. The smallest absolute Gasteiger partial charge is 0.361 e. The minimum Gasteiger partial charge on any atom is -0.463 e. The lowest BCUT2D eigenvalue weighted by Crippen LogP contribution is -2.40. The Morgan fingerprint density at radius 2 is 1.57 bits per heavy atom. The Bertz CT molecular complexity index is 1630. The van der Waals surface area contributed by atoms with E-state index in [-0.39, 0.29) is 18.2 Å². The zero-order chi connectivity index (χ0) is 29.8.